The minimum Gasteiger partial charge on any atom is -0.492 e. The van der Waals surface area contributed by atoms with Gasteiger partial charge < -0.3 is 41.7 Å². The molecule has 3 heterocycles. The molecule has 0 aliphatic carbocycles. The SMILES string of the molecule is CN[C@@H](C)C(=O)N[C@H]1Cc2cn(nn2)CCOc2ccc(cc2)C[C@@H](C(=O)N[C@@H](C)C(=O)O)NC(=O)[C@H](Cc2ccccc2)NC(=O)[C@H](C)NC1=O. The number of carboxylic acid groups (broad SMARTS) is 1. The van der Waals surface area contributed by atoms with E-state index in [0.717, 1.165) is 0 Å². The minimum absolute atomic E-state index is 0.0103. The van der Waals surface area contributed by atoms with Gasteiger partial charge in [-0.05, 0) is 51.1 Å². The highest BCUT2D eigenvalue weighted by Gasteiger charge is 2.32. The van der Waals surface area contributed by atoms with Crippen LogP contribution in [0.5, 0.6) is 5.75 Å². The number of hydrogen-bond donors (Lipinski definition) is 7. The van der Waals surface area contributed by atoms with Crippen molar-refractivity contribution in [2.45, 2.75) is 82.8 Å². The Balaban J connectivity index is 1.67. The van der Waals surface area contributed by atoms with Gasteiger partial charge in [0, 0.05) is 25.5 Å². The first kappa shape index (κ1) is 39.0. The number of amides is 5. The predicted octanol–water partition coefficient (Wildman–Crippen LogP) is -1.15. The third-order valence-electron chi connectivity index (χ3n) is 8.44. The van der Waals surface area contributed by atoms with Crippen LogP contribution >= 0.6 is 0 Å². The van der Waals surface area contributed by atoms with Crippen molar-refractivity contribution in [2.24, 2.45) is 0 Å². The van der Waals surface area contributed by atoms with Gasteiger partial charge in [0.1, 0.15) is 42.6 Å². The molecule has 278 valence electrons. The number of hydrogen-bond acceptors (Lipinski definition) is 10. The number of carbonyl (C=O) groups excluding carboxylic acids is 5. The Bertz CT molecular complexity index is 1720. The van der Waals surface area contributed by atoms with Gasteiger partial charge in [-0.15, -0.1) is 5.10 Å². The second kappa shape index (κ2) is 18.4. The number of aromatic nitrogens is 3. The topological polar surface area (TPSA) is 235 Å². The lowest BCUT2D eigenvalue weighted by Crippen LogP contribution is -2.59. The maximum absolute atomic E-state index is 13.9. The Kier molecular flexibility index (Phi) is 13.8. The lowest BCUT2D eigenvalue weighted by atomic mass is 10.0. The van der Waals surface area contributed by atoms with Gasteiger partial charge in [0.05, 0.1) is 18.3 Å². The van der Waals surface area contributed by atoms with Gasteiger partial charge in [-0.1, -0.05) is 47.7 Å². The molecule has 52 heavy (non-hydrogen) atoms. The van der Waals surface area contributed by atoms with Crippen molar-refractivity contribution in [3.63, 3.8) is 0 Å². The van der Waals surface area contributed by atoms with Crippen LogP contribution in [0.2, 0.25) is 0 Å². The molecule has 3 aromatic rings. The number of aliphatic carboxylic acids is 1. The fourth-order valence-electron chi connectivity index (χ4n) is 5.19. The number of likely N-dealkylation sites (N-methyl/N-ethyl adjacent to an activating group) is 1. The number of nitrogens with zero attached hydrogens (tertiary/aromatic N) is 3. The molecule has 0 saturated carbocycles. The van der Waals surface area contributed by atoms with E-state index in [9.17, 15) is 33.9 Å². The summed E-state index contributed by atoms with van der Waals surface area (Å²) in [4.78, 5) is 78.7. The lowest BCUT2D eigenvalue weighted by molar-refractivity contribution is -0.141. The molecule has 2 aliphatic heterocycles. The van der Waals surface area contributed by atoms with E-state index in [-0.39, 0.29) is 25.9 Å². The van der Waals surface area contributed by atoms with Gasteiger partial charge in [0.15, 0.2) is 0 Å². The number of ether oxygens (including phenoxy) is 1. The highest BCUT2D eigenvalue weighted by atomic mass is 16.5. The summed E-state index contributed by atoms with van der Waals surface area (Å²) in [6.07, 6.45) is 1.62. The van der Waals surface area contributed by atoms with E-state index in [1.54, 1.807) is 74.8 Å². The average Bonchev–Trinajstić information content (AvgIpc) is 3.57. The molecule has 6 atom stereocenters. The van der Waals surface area contributed by atoms with Gasteiger partial charge in [-0.2, -0.15) is 0 Å². The molecule has 1 aromatic heterocycles. The molecule has 4 bridgehead atoms. The monoisotopic (exact) mass is 719 g/mol. The summed E-state index contributed by atoms with van der Waals surface area (Å²) in [6, 6.07) is 9.11. The summed E-state index contributed by atoms with van der Waals surface area (Å²) in [6.45, 7) is 4.89. The van der Waals surface area contributed by atoms with Gasteiger partial charge >= 0.3 is 5.97 Å². The molecule has 7 N–H and O–H groups in total. The summed E-state index contributed by atoms with van der Waals surface area (Å²) < 4.78 is 7.40. The fraction of sp³-hybridized carbons (Fsp3) is 0.429. The van der Waals surface area contributed by atoms with Crippen LogP contribution in [0.4, 0.5) is 0 Å². The van der Waals surface area contributed by atoms with E-state index in [4.69, 9.17) is 4.74 Å². The third-order valence-corrected chi connectivity index (χ3v) is 8.44. The summed E-state index contributed by atoms with van der Waals surface area (Å²) in [5.41, 5.74) is 1.76. The van der Waals surface area contributed by atoms with Crippen molar-refractivity contribution < 1.29 is 38.6 Å². The molecule has 0 fully saturated rings. The van der Waals surface area contributed by atoms with Gasteiger partial charge in [-0.25, -0.2) is 4.68 Å². The van der Waals surface area contributed by atoms with Crippen molar-refractivity contribution in [2.75, 3.05) is 13.7 Å². The first-order chi connectivity index (χ1) is 24.8. The largest absolute Gasteiger partial charge is 0.492 e. The molecule has 17 heteroatoms. The second-order valence-electron chi connectivity index (χ2n) is 12.6. The number of rotatable bonds is 8. The summed E-state index contributed by atoms with van der Waals surface area (Å²) in [7, 11) is 1.60. The van der Waals surface area contributed by atoms with Crippen LogP contribution in [-0.2, 0) is 54.6 Å². The number of fused-ring (bicyclic) bond motifs is 15. The molecule has 5 amide bonds. The smallest absolute Gasteiger partial charge is 0.325 e. The maximum Gasteiger partial charge on any atom is 0.325 e. The van der Waals surface area contributed by atoms with Gasteiger partial charge in [0.25, 0.3) is 0 Å². The molecule has 0 spiro atoms. The zero-order valence-corrected chi connectivity index (χ0v) is 29.4. The highest BCUT2D eigenvalue weighted by Crippen LogP contribution is 2.15. The van der Waals surface area contributed by atoms with Crippen LogP contribution in [0, 0.1) is 0 Å². The standard InChI is InChI=1S/C35H45N9O8/c1-20(36-4)30(45)40-29-18-25-19-44(43-42-25)14-15-52-26-12-10-24(11-13-26)17-27(32(47)38-22(3)35(50)51)41-34(49)28(16-23-8-6-5-7-9-23)39-31(46)21(2)37-33(29)48/h5-13,19-22,27-29,36H,14-18H2,1-4H3,(H,37,48)(H,38,47)(H,39,46)(H,40,45)(H,41,49)(H,50,51)/t20-,21-,22-,27-,28-,29-/m0/s1. The maximum atomic E-state index is 13.9. The van der Waals surface area contributed by atoms with Crippen LogP contribution in [-0.4, -0.2) is 106 Å². The zero-order chi connectivity index (χ0) is 37.8. The van der Waals surface area contributed by atoms with E-state index >= 15 is 0 Å². The lowest BCUT2D eigenvalue weighted by Gasteiger charge is -2.26. The van der Waals surface area contributed by atoms with E-state index < -0.39 is 71.8 Å². The van der Waals surface area contributed by atoms with E-state index in [0.29, 0.717) is 29.1 Å². The summed E-state index contributed by atoms with van der Waals surface area (Å²) in [5, 5.41) is 33.6. The Morgan fingerprint density at radius 1 is 0.942 bits per heavy atom. The predicted molar refractivity (Wildman–Crippen MR) is 187 cm³/mol. The van der Waals surface area contributed by atoms with Crippen molar-refractivity contribution >= 4 is 35.5 Å². The van der Waals surface area contributed by atoms with Crippen molar-refractivity contribution in [3.05, 3.63) is 77.6 Å². The van der Waals surface area contributed by atoms with Crippen molar-refractivity contribution in [3.8, 4) is 5.75 Å². The number of nitrogens with one attached hydrogen (secondary N) is 6. The molecule has 0 saturated heterocycles. The van der Waals surface area contributed by atoms with Crippen LogP contribution in [0.15, 0.2) is 60.8 Å². The quantitative estimate of drug-likeness (QED) is 0.137. The highest BCUT2D eigenvalue weighted by molar-refractivity contribution is 5.96. The first-order valence-electron chi connectivity index (χ1n) is 16.9. The normalized spacial score (nSPS) is 21.4. The average molecular weight is 720 g/mol. The van der Waals surface area contributed by atoms with Crippen LogP contribution in [0.25, 0.3) is 0 Å². The van der Waals surface area contributed by atoms with Gasteiger partial charge in [0.2, 0.25) is 29.5 Å². The second-order valence-corrected chi connectivity index (χ2v) is 12.6. The molecular weight excluding hydrogens is 674 g/mol. The van der Waals surface area contributed by atoms with Gasteiger partial charge in [-0.3, -0.25) is 28.8 Å². The minimum atomic E-state index is -1.26. The van der Waals surface area contributed by atoms with E-state index in [1.807, 2.05) is 0 Å². The van der Waals surface area contributed by atoms with E-state index in [2.05, 4.69) is 42.2 Å². The first-order valence-corrected chi connectivity index (χ1v) is 16.9. The number of carboxylic acids is 1. The van der Waals surface area contributed by atoms with Crippen LogP contribution in [0.3, 0.4) is 0 Å². The number of benzene rings is 2. The summed E-state index contributed by atoms with van der Waals surface area (Å²) >= 11 is 0. The molecule has 0 radical (unpaired) electrons. The van der Waals surface area contributed by atoms with Crippen LogP contribution < -0.4 is 36.6 Å². The molecule has 2 aromatic carbocycles. The zero-order valence-electron chi connectivity index (χ0n) is 29.4. The third kappa shape index (κ3) is 11.3. The fourth-order valence-corrected chi connectivity index (χ4v) is 5.19. The van der Waals surface area contributed by atoms with E-state index in [1.165, 1.54) is 18.5 Å². The number of carbonyl (C=O) groups is 6. The molecule has 5 rings (SSSR count). The molecule has 17 nitrogen and oxygen atoms in total. The Morgan fingerprint density at radius 2 is 1.65 bits per heavy atom. The molecule has 0 unspecified atom stereocenters. The van der Waals surface area contributed by atoms with Crippen molar-refractivity contribution in [1.29, 1.82) is 0 Å². The summed E-state index contributed by atoms with van der Waals surface area (Å²) in [5.74, 6) is -4.02. The molecular formula is C35H45N9O8. The molecule has 2 aliphatic rings. The Morgan fingerprint density at radius 3 is 2.33 bits per heavy atom. The Labute approximate surface area is 300 Å². The van der Waals surface area contributed by atoms with Crippen LogP contribution in [0.1, 0.15) is 37.6 Å². The van der Waals surface area contributed by atoms with Crippen molar-refractivity contribution in [1.82, 2.24) is 46.9 Å². The Hall–Kier alpha value is -5.84.